The van der Waals surface area contributed by atoms with E-state index < -0.39 is 5.82 Å². The van der Waals surface area contributed by atoms with Gasteiger partial charge >= 0.3 is 0 Å². The lowest BCUT2D eigenvalue weighted by molar-refractivity contribution is -0.119. The molecule has 27 heavy (non-hydrogen) atoms. The first-order valence-corrected chi connectivity index (χ1v) is 9.68. The Bertz CT molecular complexity index is 802. The largest absolute Gasteiger partial charge is 0.494 e. The lowest BCUT2D eigenvalue weighted by Crippen LogP contribution is -2.29. The van der Waals surface area contributed by atoms with Crippen molar-refractivity contribution < 1.29 is 18.7 Å². The summed E-state index contributed by atoms with van der Waals surface area (Å²) in [5, 5.41) is 6.09. The highest BCUT2D eigenvalue weighted by Crippen LogP contribution is 2.21. The molecular formula is C19H20ClFN2O3S. The number of amides is 2. The van der Waals surface area contributed by atoms with Gasteiger partial charge in [0.2, 0.25) is 11.8 Å². The minimum atomic E-state index is -0.482. The Morgan fingerprint density at radius 3 is 2.44 bits per heavy atom. The van der Waals surface area contributed by atoms with Crippen LogP contribution in [0, 0.1) is 5.82 Å². The van der Waals surface area contributed by atoms with Gasteiger partial charge in [-0.15, -0.1) is 11.8 Å². The van der Waals surface area contributed by atoms with Crippen molar-refractivity contribution in [2.75, 3.05) is 23.9 Å². The quantitative estimate of drug-likeness (QED) is 0.689. The average molecular weight is 411 g/mol. The number of hydrogen-bond donors (Lipinski definition) is 2. The van der Waals surface area contributed by atoms with Gasteiger partial charge in [0.25, 0.3) is 0 Å². The molecule has 0 fully saturated rings. The summed E-state index contributed by atoms with van der Waals surface area (Å²) in [4.78, 5) is 23.9. The summed E-state index contributed by atoms with van der Waals surface area (Å²) in [5.41, 5.74) is 1.27. The molecule has 0 spiro atoms. The van der Waals surface area contributed by atoms with E-state index in [4.69, 9.17) is 16.3 Å². The highest BCUT2D eigenvalue weighted by atomic mass is 35.5. The first-order valence-electron chi connectivity index (χ1n) is 8.15. The molecule has 0 aliphatic heterocycles. The first kappa shape index (κ1) is 21.1. The molecule has 0 unspecified atom stereocenters. The van der Waals surface area contributed by atoms with Gasteiger partial charge in [0.1, 0.15) is 0 Å². The molecular weight excluding hydrogens is 391 g/mol. The summed E-state index contributed by atoms with van der Waals surface area (Å²) in [6, 6.07) is 10.9. The molecule has 8 heteroatoms. The summed E-state index contributed by atoms with van der Waals surface area (Å²) in [5.74, 6) is -0.509. The fraction of sp³-hybridized carbons (Fsp3) is 0.263. The zero-order chi connectivity index (χ0) is 19.8. The molecule has 2 amide bonds. The van der Waals surface area contributed by atoms with E-state index in [0.717, 1.165) is 0 Å². The molecule has 0 saturated heterocycles. The lowest BCUT2D eigenvalue weighted by Gasteiger charge is -2.15. The standard InChI is InChI=1S/C19H20ClFN2O3S/c1-12(13-3-8-17(26-2)16(21)9-13)22-18(24)10-27-11-19(25)23-15-6-4-14(20)5-7-15/h3-9,12H,10-11H2,1-2H3,(H,22,24)(H,23,25)/t12-/m0/s1. The van der Waals surface area contributed by atoms with Crippen LogP contribution in [-0.4, -0.2) is 30.4 Å². The number of hydrogen-bond acceptors (Lipinski definition) is 4. The molecule has 2 N–H and O–H groups in total. The van der Waals surface area contributed by atoms with Crippen LogP contribution in [0.3, 0.4) is 0 Å². The van der Waals surface area contributed by atoms with E-state index in [1.165, 1.54) is 31.0 Å². The Balaban J connectivity index is 1.74. The fourth-order valence-corrected chi connectivity index (χ4v) is 3.04. The van der Waals surface area contributed by atoms with Crippen molar-refractivity contribution in [2.45, 2.75) is 13.0 Å². The number of methoxy groups -OCH3 is 1. The average Bonchev–Trinajstić information content (AvgIpc) is 2.63. The molecule has 0 bridgehead atoms. The number of carbonyl (C=O) groups is 2. The van der Waals surface area contributed by atoms with E-state index >= 15 is 0 Å². The zero-order valence-electron chi connectivity index (χ0n) is 14.9. The molecule has 0 radical (unpaired) electrons. The van der Waals surface area contributed by atoms with Crippen LogP contribution < -0.4 is 15.4 Å². The van der Waals surface area contributed by atoms with Crippen molar-refractivity contribution in [3.05, 3.63) is 58.9 Å². The molecule has 2 aromatic carbocycles. The van der Waals surface area contributed by atoms with Crippen molar-refractivity contribution in [1.82, 2.24) is 5.32 Å². The van der Waals surface area contributed by atoms with Crippen LogP contribution in [0.2, 0.25) is 5.02 Å². The number of rotatable bonds is 8. The Morgan fingerprint density at radius 2 is 1.81 bits per heavy atom. The van der Waals surface area contributed by atoms with E-state index in [-0.39, 0.29) is 35.1 Å². The van der Waals surface area contributed by atoms with Crippen LogP contribution in [0.4, 0.5) is 10.1 Å². The zero-order valence-corrected chi connectivity index (χ0v) is 16.5. The van der Waals surface area contributed by atoms with E-state index in [1.807, 2.05) is 0 Å². The van der Waals surface area contributed by atoms with Crippen molar-refractivity contribution >= 4 is 40.9 Å². The number of thioether (sulfide) groups is 1. The van der Waals surface area contributed by atoms with Gasteiger partial charge in [-0.05, 0) is 48.9 Å². The summed E-state index contributed by atoms with van der Waals surface area (Å²) < 4.78 is 18.6. The summed E-state index contributed by atoms with van der Waals surface area (Å²) in [7, 11) is 1.39. The second-order valence-corrected chi connectivity index (χ2v) is 7.15. The number of halogens is 2. The number of ether oxygens (including phenoxy) is 1. The van der Waals surface area contributed by atoms with Crippen molar-refractivity contribution in [3.63, 3.8) is 0 Å². The van der Waals surface area contributed by atoms with Gasteiger partial charge in [-0.2, -0.15) is 0 Å². The predicted octanol–water partition coefficient (Wildman–Crippen LogP) is 4.04. The normalized spacial score (nSPS) is 11.6. The number of anilines is 1. The van der Waals surface area contributed by atoms with Crippen LogP contribution in [0.1, 0.15) is 18.5 Å². The molecule has 0 aliphatic carbocycles. The molecule has 1 atom stereocenters. The topological polar surface area (TPSA) is 67.4 Å². The molecule has 0 aliphatic rings. The predicted molar refractivity (Wildman–Crippen MR) is 107 cm³/mol. The molecule has 0 aromatic heterocycles. The van der Waals surface area contributed by atoms with Crippen molar-refractivity contribution in [1.29, 1.82) is 0 Å². The van der Waals surface area contributed by atoms with Gasteiger partial charge in [-0.3, -0.25) is 9.59 Å². The molecule has 144 valence electrons. The lowest BCUT2D eigenvalue weighted by atomic mass is 10.1. The maximum atomic E-state index is 13.7. The maximum Gasteiger partial charge on any atom is 0.234 e. The van der Waals surface area contributed by atoms with Crippen LogP contribution in [0.5, 0.6) is 5.75 Å². The molecule has 0 heterocycles. The van der Waals surface area contributed by atoms with E-state index in [2.05, 4.69) is 10.6 Å². The Hall–Kier alpha value is -2.25. The van der Waals surface area contributed by atoms with E-state index in [9.17, 15) is 14.0 Å². The van der Waals surface area contributed by atoms with Crippen molar-refractivity contribution in [3.8, 4) is 5.75 Å². The highest BCUT2D eigenvalue weighted by molar-refractivity contribution is 8.00. The smallest absolute Gasteiger partial charge is 0.234 e. The summed E-state index contributed by atoms with van der Waals surface area (Å²) >= 11 is 6.98. The first-order chi connectivity index (χ1) is 12.9. The molecule has 5 nitrogen and oxygen atoms in total. The summed E-state index contributed by atoms with van der Waals surface area (Å²) in [6.45, 7) is 1.76. The van der Waals surface area contributed by atoms with Gasteiger partial charge < -0.3 is 15.4 Å². The molecule has 0 saturated carbocycles. The van der Waals surface area contributed by atoms with E-state index in [1.54, 1.807) is 37.3 Å². The second kappa shape index (κ2) is 10.2. The third kappa shape index (κ3) is 6.77. The van der Waals surface area contributed by atoms with Crippen molar-refractivity contribution in [2.24, 2.45) is 0 Å². The third-order valence-electron chi connectivity index (χ3n) is 3.65. The van der Waals surface area contributed by atoms with E-state index in [0.29, 0.717) is 16.3 Å². The van der Waals surface area contributed by atoms with Crippen LogP contribution in [-0.2, 0) is 9.59 Å². The fourth-order valence-electron chi connectivity index (χ4n) is 2.29. The molecule has 2 aromatic rings. The third-order valence-corrected chi connectivity index (χ3v) is 4.83. The van der Waals surface area contributed by atoms with Gasteiger partial charge in [0.05, 0.1) is 24.7 Å². The number of benzene rings is 2. The Kier molecular flexibility index (Phi) is 7.94. The Labute approximate surface area is 166 Å². The summed E-state index contributed by atoms with van der Waals surface area (Å²) in [6.07, 6.45) is 0. The van der Waals surface area contributed by atoms with Gasteiger partial charge in [-0.25, -0.2) is 4.39 Å². The number of carbonyl (C=O) groups excluding carboxylic acids is 2. The van der Waals surface area contributed by atoms with Gasteiger partial charge in [0, 0.05) is 10.7 Å². The highest BCUT2D eigenvalue weighted by Gasteiger charge is 2.13. The monoisotopic (exact) mass is 410 g/mol. The van der Waals surface area contributed by atoms with Gasteiger partial charge in [-0.1, -0.05) is 17.7 Å². The Morgan fingerprint density at radius 1 is 1.15 bits per heavy atom. The van der Waals surface area contributed by atoms with Crippen LogP contribution >= 0.6 is 23.4 Å². The van der Waals surface area contributed by atoms with Gasteiger partial charge in [0.15, 0.2) is 11.6 Å². The van der Waals surface area contributed by atoms with Crippen LogP contribution in [0.25, 0.3) is 0 Å². The molecule has 2 rings (SSSR count). The number of nitrogens with one attached hydrogen (secondary N) is 2. The SMILES string of the molecule is COc1ccc([C@H](C)NC(=O)CSCC(=O)Nc2ccc(Cl)cc2)cc1F. The second-order valence-electron chi connectivity index (χ2n) is 5.73. The minimum Gasteiger partial charge on any atom is -0.494 e. The minimum absolute atomic E-state index is 0.122. The maximum absolute atomic E-state index is 13.7. The van der Waals surface area contributed by atoms with Crippen LogP contribution in [0.15, 0.2) is 42.5 Å².